The number of benzene rings is 1. The molecule has 0 saturated carbocycles. The largest absolute Gasteiger partial charge is 0.497 e. The SMILES string of the molecule is CC(C)n1c(=O)[nH]c2c(c1=O)CCCN2.COc1ccc(CN2CCCc3c2[nH]c(=O)n(C(C)C)c3=O)cc1. The molecule has 0 unspecified atom stereocenters. The third-order valence-electron chi connectivity index (χ3n) is 7.08. The highest BCUT2D eigenvalue weighted by Gasteiger charge is 2.24. The monoisotopic (exact) mass is 538 g/mol. The van der Waals surface area contributed by atoms with Gasteiger partial charge in [0.05, 0.1) is 18.2 Å². The van der Waals surface area contributed by atoms with E-state index < -0.39 is 0 Å². The molecule has 11 nitrogen and oxygen atoms in total. The average molecular weight is 539 g/mol. The Kier molecular flexibility index (Phi) is 8.47. The van der Waals surface area contributed by atoms with E-state index in [0.717, 1.165) is 43.7 Å². The Morgan fingerprint density at radius 2 is 1.41 bits per heavy atom. The Bertz CT molecular complexity index is 1550. The molecular formula is C28H38N6O5. The summed E-state index contributed by atoms with van der Waals surface area (Å²) in [6.07, 6.45) is 3.29. The first-order valence-corrected chi connectivity index (χ1v) is 13.5. The van der Waals surface area contributed by atoms with Gasteiger partial charge in [0.2, 0.25) is 0 Å². The highest BCUT2D eigenvalue weighted by molar-refractivity contribution is 5.49. The van der Waals surface area contributed by atoms with Crippen LogP contribution in [0, 0.1) is 0 Å². The minimum absolute atomic E-state index is 0.103. The van der Waals surface area contributed by atoms with E-state index in [-0.39, 0.29) is 34.6 Å². The molecule has 4 heterocycles. The molecule has 0 aliphatic carbocycles. The van der Waals surface area contributed by atoms with Gasteiger partial charge in [-0.25, -0.2) is 9.59 Å². The van der Waals surface area contributed by atoms with E-state index in [0.29, 0.717) is 35.7 Å². The van der Waals surface area contributed by atoms with Gasteiger partial charge in [0, 0.05) is 31.7 Å². The maximum atomic E-state index is 12.7. The van der Waals surface area contributed by atoms with Crippen molar-refractivity contribution in [3.63, 3.8) is 0 Å². The van der Waals surface area contributed by atoms with E-state index in [1.807, 2.05) is 52.0 Å². The molecule has 0 bridgehead atoms. The lowest BCUT2D eigenvalue weighted by atomic mass is 10.1. The van der Waals surface area contributed by atoms with Crippen LogP contribution in [0.3, 0.4) is 0 Å². The molecule has 3 N–H and O–H groups in total. The van der Waals surface area contributed by atoms with Gasteiger partial charge in [-0.3, -0.25) is 28.7 Å². The van der Waals surface area contributed by atoms with E-state index >= 15 is 0 Å². The zero-order valence-electron chi connectivity index (χ0n) is 23.3. The van der Waals surface area contributed by atoms with Crippen LogP contribution < -0.4 is 37.5 Å². The van der Waals surface area contributed by atoms with Crippen molar-refractivity contribution in [2.75, 3.05) is 30.4 Å². The quantitative estimate of drug-likeness (QED) is 0.455. The second kappa shape index (κ2) is 11.8. The summed E-state index contributed by atoms with van der Waals surface area (Å²) in [5, 5.41) is 3.04. The number of rotatable bonds is 5. The van der Waals surface area contributed by atoms with Crippen molar-refractivity contribution in [2.24, 2.45) is 0 Å². The number of fused-ring (bicyclic) bond motifs is 2. The van der Waals surface area contributed by atoms with E-state index in [2.05, 4.69) is 20.2 Å². The van der Waals surface area contributed by atoms with Crippen molar-refractivity contribution in [1.82, 2.24) is 19.1 Å². The van der Waals surface area contributed by atoms with Gasteiger partial charge < -0.3 is 15.0 Å². The van der Waals surface area contributed by atoms with Gasteiger partial charge in [0.1, 0.15) is 17.4 Å². The van der Waals surface area contributed by atoms with Gasteiger partial charge >= 0.3 is 11.4 Å². The molecule has 0 fully saturated rings. The molecule has 0 amide bonds. The van der Waals surface area contributed by atoms with Gasteiger partial charge in [0.25, 0.3) is 11.1 Å². The van der Waals surface area contributed by atoms with Gasteiger partial charge in [0.15, 0.2) is 0 Å². The van der Waals surface area contributed by atoms with Crippen LogP contribution in [0.25, 0.3) is 0 Å². The Morgan fingerprint density at radius 3 is 2.03 bits per heavy atom. The molecular weight excluding hydrogens is 500 g/mol. The lowest BCUT2D eigenvalue weighted by Crippen LogP contribution is -2.43. The minimum atomic E-state index is -0.338. The summed E-state index contributed by atoms with van der Waals surface area (Å²) in [5.41, 5.74) is 1.54. The second-order valence-corrected chi connectivity index (χ2v) is 10.5. The maximum Gasteiger partial charge on any atom is 0.330 e. The Hall–Kier alpha value is -4.02. The lowest BCUT2D eigenvalue weighted by Gasteiger charge is -2.31. The fourth-order valence-corrected chi connectivity index (χ4v) is 5.13. The van der Waals surface area contributed by atoms with Gasteiger partial charge in [-0.05, 0) is 71.1 Å². The molecule has 0 saturated heterocycles. The first-order valence-electron chi connectivity index (χ1n) is 13.5. The van der Waals surface area contributed by atoms with E-state index in [1.54, 1.807) is 7.11 Å². The number of hydrogen-bond donors (Lipinski definition) is 3. The van der Waals surface area contributed by atoms with Gasteiger partial charge in [-0.15, -0.1) is 0 Å². The van der Waals surface area contributed by atoms with E-state index in [1.165, 1.54) is 9.13 Å². The average Bonchev–Trinajstić information content (AvgIpc) is 2.89. The zero-order valence-corrected chi connectivity index (χ0v) is 23.3. The van der Waals surface area contributed by atoms with Crippen molar-refractivity contribution in [2.45, 2.75) is 72.0 Å². The van der Waals surface area contributed by atoms with E-state index in [4.69, 9.17) is 4.74 Å². The van der Waals surface area contributed by atoms with Crippen LogP contribution in [0.1, 0.15) is 69.3 Å². The molecule has 2 aromatic heterocycles. The van der Waals surface area contributed by atoms with Crippen LogP contribution in [-0.4, -0.2) is 39.3 Å². The third kappa shape index (κ3) is 5.86. The number of ether oxygens (including phenoxy) is 1. The highest BCUT2D eigenvalue weighted by Crippen LogP contribution is 2.24. The fraction of sp³-hybridized carbons (Fsp3) is 0.500. The Morgan fingerprint density at radius 1 is 0.821 bits per heavy atom. The summed E-state index contributed by atoms with van der Waals surface area (Å²) in [5.74, 6) is 2.09. The first-order chi connectivity index (χ1) is 18.6. The smallest absolute Gasteiger partial charge is 0.330 e. The van der Waals surface area contributed by atoms with Crippen LogP contribution in [0.4, 0.5) is 11.6 Å². The molecule has 39 heavy (non-hydrogen) atoms. The summed E-state index contributed by atoms with van der Waals surface area (Å²) >= 11 is 0. The number of aromatic amines is 2. The summed E-state index contributed by atoms with van der Waals surface area (Å²) in [6.45, 7) is 9.65. The second-order valence-electron chi connectivity index (χ2n) is 10.5. The summed E-state index contributed by atoms with van der Waals surface area (Å²) in [6, 6.07) is 7.58. The number of aromatic nitrogens is 4. The van der Waals surface area contributed by atoms with Crippen molar-refractivity contribution in [3.05, 3.63) is 82.6 Å². The van der Waals surface area contributed by atoms with Crippen LogP contribution in [0.15, 0.2) is 43.4 Å². The minimum Gasteiger partial charge on any atom is -0.497 e. The number of nitrogens with zero attached hydrogens (tertiary/aromatic N) is 3. The van der Waals surface area contributed by atoms with Gasteiger partial charge in [-0.1, -0.05) is 12.1 Å². The molecule has 0 atom stereocenters. The molecule has 210 valence electrons. The number of hydrogen-bond acceptors (Lipinski definition) is 7. The molecule has 3 aromatic rings. The number of H-pyrrole nitrogens is 2. The molecule has 11 heteroatoms. The maximum absolute atomic E-state index is 12.7. The molecule has 2 aliphatic rings. The first kappa shape index (κ1) is 28.0. The highest BCUT2D eigenvalue weighted by atomic mass is 16.5. The Labute approximate surface area is 226 Å². The van der Waals surface area contributed by atoms with Crippen molar-refractivity contribution in [3.8, 4) is 5.75 Å². The molecule has 2 aliphatic heterocycles. The summed E-state index contributed by atoms with van der Waals surface area (Å²) in [4.78, 5) is 56.3. The third-order valence-corrected chi connectivity index (χ3v) is 7.08. The molecule has 0 spiro atoms. The molecule has 5 rings (SSSR count). The summed E-state index contributed by atoms with van der Waals surface area (Å²) in [7, 11) is 1.64. The number of nitrogens with one attached hydrogen (secondary N) is 3. The fourth-order valence-electron chi connectivity index (χ4n) is 5.13. The number of methoxy groups -OCH3 is 1. The predicted molar refractivity (Wildman–Crippen MR) is 153 cm³/mol. The topological polar surface area (TPSA) is 134 Å². The van der Waals surface area contributed by atoms with Crippen LogP contribution in [0.5, 0.6) is 5.75 Å². The van der Waals surface area contributed by atoms with Crippen molar-refractivity contribution in [1.29, 1.82) is 0 Å². The molecule has 0 radical (unpaired) electrons. The van der Waals surface area contributed by atoms with Crippen LogP contribution in [-0.2, 0) is 19.4 Å². The molecule has 1 aromatic carbocycles. The van der Waals surface area contributed by atoms with Crippen LogP contribution >= 0.6 is 0 Å². The lowest BCUT2D eigenvalue weighted by molar-refractivity contribution is 0.414. The normalized spacial score (nSPS) is 14.3. The van der Waals surface area contributed by atoms with Crippen molar-refractivity contribution < 1.29 is 4.74 Å². The zero-order chi connectivity index (χ0) is 28.3. The summed E-state index contributed by atoms with van der Waals surface area (Å²) < 4.78 is 7.75. The number of anilines is 2. The van der Waals surface area contributed by atoms with Gasteiger partial charge in [-0.2, -0.15) is 0 Å². The standard InChI is InChI=1S/C18H23N3O3.C10H15N3O2/c1-12(2)21-17(22)15-5-4-10-20(16(15)19-18(21)23)11-13-6-8-14(24-3)9-7-13;1-6(2)13-9(14)7-4-3-5-11-8(7)12-10(13)15/h6-9,12H,4-5,10-11H2,1-3H3,(H,19,23);6,11H,3-5H2,1-2H3,(H,12,15). The van der Waals surface area contributed by atoms with Crippen molar-refractivity contribution >= 4 is 11.6 Å². The predicted octanol–water partition coefficient (Wildman–Crippen LogP) is 2.55. The Balaban J connectivity index is 0.000000202. The van der Waals surface area contributed by atoms with E-state index in [9.17, 15) is 19.2 Å². The van der Waals surface area contributed by atoms with Crippen LogP contribution in [0.2, 0.25) is 0 Å².